The zero-order valence-electron chi connectivity index (χ0n) is 9.40. The maximum atomic E-state index is 12.7. The summed E-state index contributed by atoms with van der Waals surface area (Å²) >= 11 is 3.34. The van der Waals surface area contributed by atoms with Gasteiger partial charge in [0.05, 0.1) is 5.56 Å². The summed E-state index contributed by atoms with van der Waals surface area (Å²) < 4.78 is 18.7. The molecule has 0 heterocycles. The number of rotatable bonds is 3. The molecule has 4 heteroatoms. The van der Waals surface area contributed by atoms with Gasteiger partial charge in [0.15, 0.2) is 0 Å². The Labute approximate surface area is 113 Å². The highest BCUT2D eigenvalue weighted by atomic mass is 79.9. The number of hydrogen-bond donors (Lipinski definition) is 0. The van der Waals surface area contributed by atoms with Crippen molar-refractivity contribution in [2.75, 3.05) is 0 Å². The van der Waals surface area contributed by atoms with Crippen LogP contribution in [0.2, 0.25) is 0 Å². The molecular formula is C14H10BrFO2. The lowest BCUT2D eigenvalue weighted by Gasteiger charge is -2.05. The Hall–Kier alpha value is -1.68. The summed E-state index contributed by atoms with van der Waals surface area (Å²) in [5, 5.41) is 0. The molecule has 0 spiro atoms. The quantitative estimate of drug-likeness (QED) is 0.803. The normalized spacial score (nSPS) is 10.1. The Kier molecular flexibility index (Phi) is 4.10. The maximum absolute atomic E-state index is 12.7. The number of halogens is 2. The van der Waals surface area contributed by atoms with E-state index in [1.165, 1.54) is 24.3 Å². The van der Waals surface area contributed by atoms with Crippen LogP contribution in [-0.4, -0.2) is 5.97 Å². The second-order valence-corrected chi connectivity index (χ2v) is 4.63. The molecule has 2 aromatic rings. The summed E-state index contributed by atoms with van der Waals surface area (Å²) in [5.74, 6) is -0.839. The van der Waals surface area contributed by atoms with Crippen LogP contribution in [0.5, 0.6) is 0 Å². The topological polar surface area (TPSA) is 26.3 Å². The molecule has 2 nitrogen and oxygen atoms in total. The minimum absolute atomic E-state index is 0.190. The van der Waals surface area contributed by atoms with Crippen LogP contribution in [-0.2, 0) is 11.3 Å². The molecule has 0 radical (unpaired) electrons. The molecule has 2 aromatic carbocycles. The molecule has 0 saturated carbocycles. The highest BCUT2D eigenvalue weighted by Gasteiger charge is 2.07. The SMILES string of the molecule is O=C(OCc1cccc(Br)c1)c1ccc(F)cc1. The molecule has 0 unspecified atom stereocenters. The molecule has 0 aromatic heterocycles. The summed E-state index contributed by atoms with van der Waals surface area (Å²) in [4.78, 5) is 11.7. The van der Waals surface area contributed by atoms with Crippen molar-refractivity contribution in [3.05, 3.63) is 69.9 Å². The van der Waals surface area contributed by atoms with Crippen molar-refractivity contribution in [2.24, 2.45) is 0 Å². The lowest BCUT2D eigenvalue weighted by atomic mass is 10.2. The van der Waals surface area contributed by atoms with E-state index in [1.807, 2.05) is 24.3 Å². The smallest absolute Gasteiger partial charge is 0.338 e. The number of hydrogen-bond acceptors (Lipinski definition) is 2. The molecule has 0 amide bonds. The van der Waals surface area contributed by atoms with Crippen molar-refractivity contribution < 1.29 is 13.9 Å². The molecule has 2 rings (SSSR count). The van der Waals surface area contributed by atoms with E-state index in [4.69, 9.17) is 4.74 Å². The van der Waals surface area contributed by atoms with E-state index >= 15 is 0 Å². The molecule has 0 aliphatic rings. The first-order valence-corrected chi connectivity index (χ1v) is 6.11. The number of benzene rings is 2. The van der Waals surface area contributed by atoms with Gasteiger partial charge in [-0.3, -0.25) is 0 Å². The molecule has 0 bridgehead atoms. The minimum Gasteiger partial charge on any atom is -0.457 e. The monoisotopic (exact) mass is 308 g/mol. The van der Waals surface area contributed by atoms with Crippen molar-refractivity contribution >= 4 is 21.9 Å². The third-order valence-electron chi connectivity index (χ3n) is 2.34. The van der Waals surface area contributed by atoms with Gasteiger partial charge in [-0.05, 0) is 42.0 Å². The zero-order chi connectivity index (χ0) is 13.0. The van der Waals surface area contributed by atoms with Gasteiger partial charge in [0, 0.05) is 4.47 Å². The molecule has 0 fully saturated rings. The predicted octanol–water partition coefficient (Wildman–Crippen LogP) is 3.95. The van der Waals surface area contributed by atoms with Crippen molar-refractivity contribution in [3.63, 3.8) is 0 Å². The molecule has 0 aliphatic heterocycles. The van der Waals surface area contributed by atoms with E-state index in [9.17, 15) is 9.18 Å². The summed E-state index contributed by atoms with van der Waals surface area (Å²) in [5.41, 5.74) is 1.23. The van der Waals surface area contributed by atoms with Gasteiger partial charge in [-0.25, -0.2) is 9.18 Å². The van der Waals surface area contributed by atoms with Crippen LogP contribution in [0.4, 0.5) is 4.39 Å². The fourth-order valence-corrected chi connectivity index (χ4v) is 1.89. The van der Waals surface area contributed by atoms with Gasteiger partial charge in [-0.1, -0.05) is 28.1 Å². The van der Waals surface area contributed by atoms with Crippen LogP contribution < -0.4 is 0 Å². The fraction of sp³-hybridized carbons (Fsp3) is 0.0714. The van der Waals surface area contributed by atoms with Crippen molar-refractivity contribution in [2.45, 2.75) is 6.61 Å². The Balaban J connectivity index is 1.98. The third kappa shape index (κ3) is 3.40. The third-order valence-corrected chi connectivity index (χ3v) is 2.83. The molecular weight excluding hydrogens is 299 g/mol. The van der Waals surface area contributed by atoms with Crippen molar-refractivity contribution in [3.8, 4) is 0 Å². The van der Waals surface area contributed by atoms with Gasteiger partial charge in [-0.15, -0.1) is 0 Å². The van der Waals surface area contributed by atoms with E-state index in [1.54, 1.807) is 0 Å². The average molecular weight is 309 g/mol. The minimum atomic E-state index is -0.463. The predicted molar refractivity (Wildman–Crippen MR) is 69.7 cm³/mol. The standard InChI is InChI=1S/C14H10BrFO2/c15-12-3-1-2-10(8-12)9-18-14(17)11-4-6-13(16)7-5-11/h1-8H,9H2. The number of ether oxygens (including phenoxy) is 1. The summed E-state index contributed by atoms with van der Waals surface area (Å²) in [6.45, 7) is 0.190. The van der Waals surface area contributed by atoms with Crippen LogP contribution in [0, 0.1) is 5.82 Å². The van der Waals surface area contributed by atoms with Gasteiger partial charge < -0.3 is 4.74 Å². The molecule has 92 valence electrons. The molecule has 0 aliphatic carbocycles. The van der Waals surface area contributed by atoms with Gasteiger partial charge in [0.25, 0.3) is 0 Å². The highest BCUT2D eigenvalue weighted by molar-refractivity contribution is 9.10. The Bertz CT molecular complexity index is 552. The first-order chi connectivity index (χ1) is 8.65. The van der Waals surface area contributed by atoms with Crippen LogP contribution in [0.1, 0.15) is 15.9 Å². The first-order valence-electron chi connectivity index (χ1n) is 5.32. The van der Waals surface area contributed by atoms with Crippen molar-refractivity contribution in [1.82, 2.24) is 0 Å². The Morgan fingerprint density at radius 3 is 2.56 bits per heavy atom. The lowest BCUT2D eigenvalue weighted by molar-refractivity contribution is 0.0472. The fourth-order valence-electron chi connectivity index (χ4n) is 1.44. The van der Waals surface area contributed by atoms with E-state index in [-0.39, 0.29) is 12.4 Å². The highest BCUT2D eigenvalue weighted by Crippen LogP contribution is 2.13. The van der Waals surface area contributed by atoms with E-state index in [2.05, 4.69) is 15.9 Å². The second kappa shape index (κ2) is 5.78. The molecule has 0 N–H and O–H groups in total. The lowest BCUT2D eigenvalue weighted by Crippen LogP contribution is -2.05. The zero-order valence-corrected chi connectivity index (χ0v) is 11.0. The summed E-state index contributed by atoms with van der Waals surface area (Å²) in [6.07, 6.45) is 0. The Morgan fingerprint density at radius 1 is 1.17 bits per heavy atom. The molecule has 18 heavy (non-hydrogen) atoms. The van der Waals surface area contributed by atoms with Crippen LogP contribution in [0.25, 0.3) is 0 Å². The largest absolute Gasteiger partial charge is 0.457 e. The average Bonchev–Trinajstić information content (AvgIpc) is 2.37. The van der Waals surface area contributed by atoms with Crippen LogP contribution in [0.15, 0.2) is 53.0 Å². The number of esters is 1. The van der Waals surface area contributed by atoms with Gasteiger partial charge in [-0.2, -0.15) is 0 Å². The Morgan fingerprint density at radius 2 is 1.89 bits per heavy atom. The molecule has 0 saturated heterocycles. The van der Waals surface area contributed by atoms with Gasteiger partial charge >= 0.3 is 5.97 Å². The molecule has 0 atom stereocenters. The van der Waals surface area contributed by atoms with Crippen molar-refractivity contribution in [1.29, 1.82) is 0 Å². The number of carbonyl (C=O) groups excluding carboxylic acids is 1. The second-order valence-electron chi connectivity index (χ2n) is 3.71. The first kappa shape index (κ1) is 12.8. The van der Waals surface area contributed by atoms with Crippen LogP contribution in [0.3, 0.4) is 0 Å². The maximum Gasteiger partial charge on any atom is 0.338 e. The van der Waals surface area contributed by atoms with E-state index < -0.39 is 5.97 Å². The number of carbonyl (C=O) groups is 1. The summed E-state index contributed by atoms with van der Waals surface area (Å²) in [6, 6.07) is 12.8. The van der Waals surface area contributed by atoms with Crippen LogP contribution >= 0.6 is 15.9 Å². The van der Waals surface area contributed by atoms with E-state index in [0.717, 1.165) is 10.0 Å². The summed E-state index contributed by atoms with van der Waals surface area (Å²) in [7, 11) is 0. The van der Waals surface area contributed by atoms with Gasteiger partial charge in [0.1, 0.15) is 12.4 Å². The van der Waals surface area contributed by atoms with Gasteiger partial charge in [0.2, 0.25) is 0 Å². The van der Waals surface area contributed by atoms with E-state index in [0.29, 0.717) is 5.56 Å².